The van der Waals surface area contributed by atoms with Crippen molar-refractivity contribution in [3.8, 4) is 0 Å². The minimum atomic E-state index is -0.752. The van der Waals surface area contributed by atoms with Crippen LogP contribution in [0.4, 0.5) is 0 Å². The molecule has 0 spiro atoms. The van der Waals surface area contributed by atoms with E-state index in [2.05, 4.69) is 10.3 Å². The topological polar surface area (TPSA) is 64.0 Å². The van der Waals surface area contributed by atoms with Gasteiger partial charge in [0.2, 0.25) is 5.91 Å². The van der Waals surface area contributed by atoms with E-state index in [0.29, 0.717) is 18.8 Å². The smallest absolute Gasteiger partial charge is 0.238 e. The molecule has 2 aliphatic rings. The molecule has 1 fully saturated rings. The van der Waals surface area contributed by atoms with Crippen molar-refractivity contribution in [3.05, 3.63) is 30.1 Å². The van der Waals surface area contributed by atoms with E-state index in [9.17, 15) is 9.59 Å². The maximum atomic E-state index is 12.7. The van der Waals surface area contributed by atoms with Crippen LogP contribution in [0.25, 0.3) is 11.0 Å². The number of ketones is 1. The lowest BCUT2D eigenvalue weighted by Gasteiger charge is -2.27. The van der Waals surface area contributed by atoms with Gasteiger partial charge in [-0.1, -0.05) is 31.4 Å². The summed E-state index contributed by atoms with van der Waals surface area (Å²) in [5.41, 5.74) is 1.86. The van der Waals surface area contributed by atoms with Crippen molar-refractivity contribution in [2.45, 2.75) is 57.0 Å². The monoisotopic (exact) mass is 311 g/mol. The summed E-state index contributed by atoms with van der Waals surface area (Å²) in [5.74, 6) is -0.326. The number of aromatic nitrogens is 2. The third-order valence-electron chi connectivity index (χ3n) is 5.06. The van der Waals surface area contributed by atoms with Crippen LogP contribution in [0.15, 0.2) is 24.3 Å². The summed E-state index contributed by atoms with van der Waals surface area (Å²) in [7, 11) is 0. The number of rotatable bonds is 2. The van der Waals surface area contributed by atoms with Crippen molar-refractivity contribution >= 4 is 22.7 Å². The Labute approximate surface area is 135 Å². The quantitative estimate of drug-likeness (QED) is 0.867. The normalized spacial score (nSPS) is 22.1. The Bertz CT molecular complexity index is 759. The Morgan fingerprint density at radius 2 is 1.96 bits per heavy atom. The molecule has 1 atom stereocenters. The highest BCUT2D eigenvalue weighted by Crippen LogP contribution is 2.29. The van der Waals surface area contributed by atoms with E-state index < -0.39 is 5.92 Å². The van der Waals surface area contributed by atoms with Crippen LogP contribution >= 0.6 is 0 Å². The summed E-state index contributed by atoms with van der Waals surface area (Å²) in [6.07, 6.45) is 5.98. The first-order valence-corrected chi connectivity index (χ1v) is 8.52. The van der Waals surface area contributed by atoms with Crippen molar-refractivity contribution in [1.29, 1.82) is 0 Å². The van der Waals surface area contributed by atoms with Crippen molar-refractivity contribution < 1.29 is 9.59 Å². The molecule has 5 nitrogen and oxygen atoms in total. The number of benzene rings is 1. The molecule has 1 aromatic carbocycles. The van der Waals surface area contributed by atoms with Crippen LogP contribution in [-0.2, 0) is 16.1 Å². The third kappa shape index (κ3) is 2.54. The van der Waals surface area contributed by atoms with E-state index in [-0.39, 0.29) is 17.7 Å². The Morgan fingerprint density at radius 1 is 1.17 bits per heavy atom. The lowest BCUT2D eigenvalue weighted by Crippen LogP contribution is -2.43. The zero-order chi connectivity index (χ0) is 15.8. The fourth-order valence-electron chi connectivity index (χ4n) is 3.85. The summed E-state index contributed by atoms with van der Waals surface area (Å²) >= 11 is 0. The molecule has 0 radical (unpaired) electrons. The highest BCUT2D eigenvalue weighted by molar-refractivity contribution is 6.07. The maximum absolute atomic E-state index is 12.7. The number of aryl methyl sites for hydroxylation is 1. The largest absolute Gasteiger partial charge is 0.352 e. The molecule has 120 valence electrons. The van der Waals surface area contributed by atoms with Gasteiger partial charge in [0.05, 0.1) is 11.0 Å². The average Bonchev–Trinajstić information content (AvgIpc) is 2.93. The Hall–Kier alpha value is -2.17. The van der Waals surface area contributed by atoms with Gasteiger partial charge in [0, 0.05) is 19.0 Å². The van der Waals surface area contributed by atoms with Gasteiger partial charge in [0.15, 0.2) is 11.7 Å². The predicted octanol–water partition coefficient (Wildman–Crippen LogP) is 2.54. The number of nitrogens with zero attached hydrogens (tertiary/aromatic N) is 2. The number of carbonyl (C=O) groups excluding carboxylic acids is 2. The molecule has 2 aromatic rings. The van der Waals surface area contributed by atoms with Crippen molar-refractivity contribution in [1.82, 2.24) is 14.9 Å². The maximum Gasteiger partial charge on any atom is 0.238 e. The number of carbonyl (C=O) groups is 2. The Kier molecular flexibility index (Phi) is 3.63. The van der Waals surface area contributed by atoms with Crippen LogP contribution in [0, 0.1) is 0 Å². The molecule has 1 aliphatic carbocycles. The summed E-state index contributed by atoms with van der Waals surface area (Å²) < 4.78 is 2.03. The summed E-state index contributed by atoms with van der Waals surface area (Å²) in [5, 5.41) is 3.09. The number of fused-ring (bicyclic) bond motifs is 3. The summed E-state index contributed by atoms with van der Waals surface area (Å²) in [6, 6.07) is 8.04. The molecule has 1 unspecified atom stereocenters. The van der Waals surface area contributed by atoms with Gasteiger partial charge in [-0.25, -0.2) is 4.98 Å². The minimum absolute atomic E-state index is 0.0129. The summed E-state index contributed by atoms with van der Waals surface area (Å²) in [4.78, 5) is 29.7. The number of hydrogen-bond donors (Lipinski definition) is 1. The number of nitrogens with one attached hydrogen (secondary N) is 1. The van der Waals surface area contributed by atoms with Gasteiger partial charge in [-0.3, -0.25) is 9.59 Å². The molecule has 1 saturated carbocycles. The number of imidazole rings is 1. The van der Waals surface area contributed by atoms with E-state index in [1.54, 1.807) is 0 Å². The zero-order valence-corrected chi connectivity index (χ0v) is 13.1. The third-order valence-corrected chi connectivity index (χ3v) is 5.06. The molecule has 1 N–H and O–H groups in total. The predicted molar refractivity (Wildman–Crippen MR) is 87.1 cm³/mol. The molecule has 0 bridgehead atoms. The molecule has 2 heterocycles. The van der Waals surface area contributed by atoms with Crippen LogP contribution in [0.5, 0.6) is 0 Å². The van der Waals surface area contributed by atoms with Gasteiger partial charge in [-0.2, -0.15) is 0 Å². The summed E-state index contributed by atoms with van der Waals surface area (Å²) in [6.45, 7) is 0.613. The van der Waals surface area contributed by atoms with E-state index in [1.807, 2.05) is 28.8 Å². The van der Waals surface area contributed by atoms with E-state index >= 15 is 0 Å². The molecule has 1 amide bonds. The fourth-order valence-corrected chi connectivity index (χ4v) is 3.85. The second-order valence-corrected chi connectivity index (χ2v) is 6.60. The van der Waals surface area contributed by atoms with Gasteiger partial charge in [-0.05, 0) is 25.0 Å². The molecule has 1 aliphatic heterocycles. The Morgan fingerprint density at radius 3 is 2.78 bits per heavy atom. The minimum Gasteiger partial charge on any atom is -0.352 e. The van der Waals surface area contributed by atoms with Crippen LogP contribution in [-0.4, -0.2) is 27.3 Å². The highest BCUT2D eigenvalue weighted by atomic mass is 16.2. The number of amides is 1. The molecule has 0 saturated heterocycles. The SMILES string of the molecule is O=C1CCn2c(nc3ccccc32)C1C(=O)NC1CCCCC1. The van der Waals surface area contributed by atoms with Gasteiger partial charge in [-0.15, -0.1) is 0 Å². The van der Waals surface area contributed by atoms with Crippen LogP contribution < -0.4 is 5.32 Å². The molecule has 4 rings (SSSR count). The zero-order valence-electron chi connectivity index (χ0n) is 13.1. The second-order valence-electron chi connectivity index (χ2n) is 6.60. The first-order chi connectivity index (χ1) is 11.2. The van der Waals surface area contributed by atoms with Crippen molar-refractivity contribution in [3.63, 3.8) is 0 Å². The lowest BCUT2D eigenvalue weighted by atomic mass is 9.92. The standard InChI is InChI=1S/C18H21N3O2/c22-15-10-11-21-14-9-5-4-8-13(14)20-17(21)16(15)18(23)19-12-6-2-1-3-7-12/h4-5,8-9,12,16H,1-3,6-7,10-11H2,(H,19,23). The van der Waals surface area contributed by atoms with Crippen molar-refractivity contribution in [2.75, 3.05) is 0 Å². The molecular weight excluding hydrogens is 290 g/mol. The second kappa shape index (κ2) is 5.80. The lowest BCUT2D eigenvalue weighted by molar-refractivity contribution is -0.132. The van der Waals surface area contributed by atoms with E-state index in [1.165, 1.54) is 6.42 Å². The number of para-hydroxylation sites is 2. The average molecular weight is 311 g/mol. The van der Waals surface area contributed by atoms with E-state index in [4.69, 9.17) is 0 Å². The van der Waals surface area contributed by atoms with Gasteiger partial charge in [0.1, 0.15) is 5.82 Å². The first-order valence-electron chi connectivity index (χ1n) is 8.52. The number of Topliss-reactive ketones (excluding diaryl/α,β-unsaturated/α-hetero) is 1. The van der Waals surface area contributed by atoms with Crippen LogP contribution in [0.3, 0.4) is 0 Å². The Balaban J connectivity index is 1.65. The van der Waals surface area contributed by atoms with Gasteiger partial charge < -0.3 is 9.88 Å². The molecule has 23 heavy (non-hydrogen) atoms. The first kappa shape index (κ1) is 14.4. The molecule has 5 heteroatoms. The van der Waals surface area contributed by atoms with Crippen molar-refractivity contribution in [2.24, 2.45) is 0 Å². The van der Waals surface area contributed by atoms with Crippen LogP contribution in [0.1, 0.15) is 50.3 Å². The number of hydrogen-bond acceptors (Lipinski definition) is 3. The fraction of sp³-hybridized carbons (Fsp3) is 0.500. The van der Waals surface area contributed by atoms with Crippen LogP contribution in [0.2, 0.25) is 0 Å². The molecule has 1 aromatic heterocycles. The van der Waals surface area contributed by atoms with Gasteiger partial charge >= 0.3 is 0 Å². The van der Waals surface area contributed by atoms with E-state index in [0.717, 1.165) is 36.7 Å². The molecular formula is C18H21N3O2. The highest BCUT2D eigenvalue weighted by Gasteiger charge is 2.37. The van der Waals surface area contributed by atoms with Gasteiger partial charge in [0.25, 0.3) is 0 Å².